The fourth-order valence-electron chi connectivity index (χ4n) is 2.22. The van der Waals surface area contributed by atoms with E-state index in [4.69, 9.17) is 9.57 Å². The predicted molar refractivity (Wildman–Crippen MR) is 61.1 cm³/mol. The van der Waals surface area contributed by atoms with Crippen LogP contribution in [0.15, 0.2) is 5.16 Å². The van der Waals surface area contributed by atoms with Crippen molar-refractivity contribution in [1.29, 1.82) is 0 Å². The van der Waals surface area contributed by atoms with E-state index in [1.807, 2.05) is 6.92 Å². The molecule has 0 amide bonds. The summed E-state index contributed by atoms with van der Waals surface area (Å²) in [6.45, 7) is 6.56. The van der Waals surface area contributed by atoms with Crippen molar-refractivity contribution < 1.29 is 14.7 Å². The van der Waals surface area contributed by atoms with Crippen molar-refractivity contribution in [3.8, 4) is 0 Å². The zero-order valence-electron chi connectivity index (χ0n) is 10.3. The van der Waals surface area contributed by atoms with Crippen molar-refractivity contribution in [3.63, 3.8) is 0 Å². The van der Waals surface area contributed by atoms with Crippen LogP contribution in [0.1, 0.15) is 40.0 Å². The molecule has 92 valence electrons. The summed E-state index contributed by atoms with van der Waals surface area (Å²) in [5.41, 5.74) is 0.431. The van der Waals surface area contributed by atoms with Crippen LogP contribution in [-0.4, -0.2) is 29.3 Å². The number of ether oxygens (including phenoxy) is 1. The van der Waals surface area contributed by atoms with Crippen LogP contribution in [0.5, 0.6) is 0 Å². The van der Waals surface area contributed by atoms with E-state index in [0.29, 0.717) is 24.9 Å². The van der Waals surface area contributed by atoms with Crippen molar-refractivity contribution in [1.82, 2.24) is 0 Å². The highest BCUT2D eigenvalue weighted by Gasteiger charge is 2.57. The van der Waals surface area contributed by atoms with Crippen LogP contribution in [0.2, 0.25) is 0 Å². The molecule has 4 nitrogen and oxygen atoms in total. The fourth-order valence-corrected chi connectivity index (χ4v) is 2.22. The maximum atomic E-state index is 10.1. The van der Waals surface area contributed by atoms with Gasteiger partial charge in [0, 0.05) is 18.9 Å². The number of oxime groups is 1. The van der Waals surface area contributed by atoms with Gasteiger partial charge < -0.3 is 14.7 Å². The summed E-state index contributed by atoms with van der Waals surface area (Å²) < 4.78 is 5.32. The Hall–Kier alpha value is -0.610. The number of hydrogen-bond acceptors (Lipinski definition) is 4. The standard InChI is InChI=1S/C12H21NO3/c1-4-15-11(14)12(9-5-6-9)7-10(8(2)3)13-16-12/h8-9,11,14H,4-7H2,1-3H3. The highest BCUT2D eigenvalue weighted by atomic mass is 16.7. The molecule has 1 aliphatic carbocycles. The zero-order valence-corrected chi connectivity index (χ0v) is 10.3. The zero-order chi connectivity index (χ0) is 11.8. The lowest BCUT2D eigenvalue weighted by atomic mass is 9.88. The Balaban J connectivity index is 2.08. The largest absolute Gasteiger partial charge is 0.383 e. The second-order valence-electron chi connectivity index (χ2n) is 5.04. The number of rotatable bonds is 5. The van der Waals surface area contributed by atoms with E-state index >= 15 is 0 Å². The van der Waals surface area contributed by atoms with Gasteiger partial charge in [0.15, 0.2) is 11.9 Å². The minimum Gasteiger partial charge on any atom is -0.383 e. The molecule has 2 atom stereocenters. The molecule has 4 heteroatoms. The Labute approximate surface area is 96.6 Å². The van der Waals surface area contributed by atoms with Gasteiger partial charge in [0.05, 0.1) is 5.71 Å². The Bertz CT molecular complexity index is 286. The summed E-state index contributed by atoms with van der Waals surface area (Å²) in [5.74, 6) is 0.767. The van der Waals surface area contributed by atoms with Crippen LogP contribution in [-0.2, 0) is 9.57 Å². The molecule has 0 aromatic rings. The first-order chi connectivity index (χ1) is 7.60. The molecule has 0 radical (unpaired) electrons. The van der Waals surface area contributed by atoms with Crippen LogP contribution >= 0.6 is 0 Å². The molecule has 1 N–H and O–H groups in total. The van der Waals surface area contributed by atoms with E-state index in [2.05, 4.69) is 19.0 Å². The Morgan fingerprint density at radius 1 is 1.56 bits per heavy atom. The minimum absolute atomic E-state index is 0.370. The third-order valence-corrected chi connectivity index (χ3v) is 3.47. The average molecular weight is 227 g/mol. The molecular weight excluding hydrogens is 206 g/mol. The number of hydrogen-bond donors (Lipinski definition) is 1. The number of aliphatic hydroxyl groups excluding tert-OH is 1. The van der Waals surface area contributed by atoms with Crippen molar-refractivity contribution in [2.45, 2.75) is 51.9 Å². The lowest BCUT2D eigenvalue weighted by Crippen LogP contribution is -2.46. The molecule has 2 unspecified atom stereocenters. The second kappa shape index (κ2) is 4.34. The summed E-state index contributed by atoms with van der Waals surface area (Å²) in [5, 5.41) is 14.2. The molecule has 0 aromatic heterocycles. The molecule has 2 rings (SSSR count). The Morgan fingerprint density at radius 2 is 2.25 bits per heavy atom. The third-order valence-electron chi connectivity index (χ3n) is 3.47. The first kappa shape index (κ1) is 11.9. The van der Waals surface area contributed by atoms with Gasteiger partial charge in [0.2, 0.25) is 0 Å². The molecule has 1 heterocycles. The van der Waals surface area contributed by atoms with E-state index in [9.17, 15) is 5.11 Å². The van der Waals surface area contributed by atoms with Crippen LogP contribution in [0, 0.1) is 11.8 Å². The van der Waals surface area contributed by atoms with Crippen molar-refractivity contribution >= 4 is 5.71 Å². The molecule has 0 spiro atoms. The van der Waals surface area contributed by atoms with Crippen LogP contribution in [0.4, 0.5) is 0 Å². The molecule has 0 aromatic carbocycles. The minimum atomic E-state index is -0.856. The van der Waals surface area contributed by atoms with Crippen LogP contribution in [0.25, 0.3) is 0 Å². The van der Waals surface area contributed by atoms with Gasteiger partial charge in [-0.3, -0.25) is 0 Å². The molecule has 1 aliphatic heterocycles. The summed E-state index contributed by atoms with van der Waals surface area (Å²) >= 11 is 0. The Morgan fingerprint density at radius 3 is 2.69 bits per heavy atom. The topological polar surface area (TPSA) is 51.0 Å². The van der Waals surface area contributed by atoms with Gasteiger partial charge in [0.25, 0.3) is 0 Å². The fraction of sp³-hybridized carbons (Fsp3) is 0.917. The quantitative estimate of drug-likeness (QED) is 0.730. The maximum Gasteiger partial charge on any atom is 0.198 e. The van der Waals surface area contributed by atoms with Gasteiger partial charge >= 0.3 is 0 Å². The number of aliphatic hydroxyl groups is 1. The maximum absolute atomic E-state index is 10.1. The van der Waals surface area contributed by atoms with Gasteiger partial charge in [-0.1, -0.05) is 19.0 Å². The van der Waals surface area contributed by atoms with Gasteiger partial charge in [-0.15, -0.1) is 0 Å². The molecule has 1 saturated carbocycles. The summed E-state index contributed by atoms with van der Waals surface area (Å²) in [4.78, 5) is 5.57. The van der Waals surface area contributed by atoms with Crippen LogP contribution < -0.4 is 0 Å². The highest BCUT2D eigenvalue weighted by molar-refractivity contribution is 5.87. The molecule has 1 fully saturated rings. The molecule has 2 aliphatic rings. The van der Waals surface area contributed by atoms with Gasteiger partial charge in [-0.25, -0.2) is 0 Å². The van der Waals surface area contributed by atoms with Crippen LogP contribution in [0.3, 0.4) is 0 Å². The SMILES string of the molecule is CCOC(O)C1(C2CC2)CC(C(C)C)=NO1. The van der Waals surface area contributed by atoms with E-state index in [-0.39, 0.29) is 0 Å². The van der Waals surface area contributed by atoms with Crippen molar-refractivity contribution in [2.24, 2.45) is 17.0 Å². The molecular formula is C12H21NO3. The van der Waals surface area contributed by atoms with Crippen molar-refractivity contribution in [3.05, 3.63) is 0 Å². The van der Waals surface area contributed by atoms with E-state index < -0.39 is 11.9 Å². The number of nitrogens with zero attached hydrogens (tertiary/aromatic N) is 1. The summed E-state index contributed by atoms with van der Waals surface area (Å²) in [7, 11) is 0. The first-order valence-electron chi connectivity index (χ1n) is 6.14. The van der Waals surface area contributed by atoms with Gasteiger partial charge in [-0.05, 0) is 25.7 Å². The van der Waals surface area contributed by atoms with E-state index in [1.165, 1.54) is 0 Å². The molecule has 0 saturated heterocycles. The molecule has 0 bridgehead atoms. The predicted octanol–water partition coefficient (Wildman–Crippen LogP) is 1.92. The first-order valence-corrected chi connectivity index (χ1v) is 6.14. The van der Waals surface area contributed by atoms with Gasteiger partial charge in [0.1, 0.15) is 0 Å². The lowest BCUT2D eigenvalue weighted by Gasteiger charge is -2.31. The van der Waals surface area contributed by atoms with Gasteiger partial charge in [-0.2, -0.15) is 0 Å². The Kier molecular flexibility index (Phi) is 3.22. The van der Waals surface area contributed by atoms with Crippen molar-refractivity contribution in [2.75, 3.05) is 6.61 Å². The molecule has 16 heavy (non-hydrogen) atoms. The summed E-state index contributed by atoms with van der Waals surface area (Å²) in [6.07, 6.45) is 2.05. The second-order valence-corrected chi connectivity index (χ2v) is 5.04. The summed E-state index contributed by atoms with van der Waals surface area (Å²) in [6, 6.07) is 0. The van der Waals surface area contributed by atoms with E-state index in [1.54, 1.807) is 0 Å². The highest BCUT2D eigenvalue weighted by Crippen LogP contribution is 2.49. The van der Waals surface area contributed by atoms with E-state index in [0.717, 1.165) is 18.6 Å². The third kappa shape index (κ3) is 1.96. The normalized spacial score (nSPS) is 31.4. The monoisotopic (exact) mass is 227 g/mol. The lowest BCUT2D eigenvalue weighted by molar-refractivity contribution is -0.230. The average Bonchev–Trinajstić information content (AvgIpc) is 2.98. The smallest absolute Gasteiger partial charge is 0.198 e.